The fourth-order valence-electron chi connectivity index (χ4n) is 4.45. The minimum absolute atomic E-state index is 0.810. The fraction of sp³-hybridized carbons (Fsp3) is 1.00. The van der Waals surface area contributed by atoms with E-state index >= 15 is 0 Å². The third kappa shape index (κ3) is 2.21. The molecule has 0 spiro atoms. The van der Waals surface area contributed by atoms with E-state index in [1.807, 2.05) is 0 Å². The van der Waals surface area contributed by atoms with Crippen LogP contribution in [0.25, 0.3) is 0 Å². The summed E-state index contributed by atoms with van der Waals surface area (Å²) in [5.41, 5.74) is 0. The van der Waals surface area contributed by atoms with Gasteiger partial charge in [-0.25, -0.2) is 0 Å². The zero-order valence-electron chi connectivity index (χ0n) is 11.5. The van der Waals surface area contributed by atoms with E-state index in [0.717, 1.165) is 24.2 Å². The molecule has 3 heteroatoms. The first-order chi connectivity index (χ1) is 8.90. The molecule has 2 atom stereocenters. The van der Waals surface area contributed by atoms with Crippen LogP contribution < -0.4 is 5.32 Å². The molecular formula is C15H27N3. The number of nitrogens with zero attached hydrogens (tertiary/aromatic N) is 2. The maximum atomic E-state index is 4.00. The molecule has 3 saturated heterocycles. The van der Waals surface area contributed by atoms with Crippen LogP contribution in [0.3, 0.4) is 0 Å². The maximum absolute atomic E-state index is 4.00. The van der Waals surface area contributed by atoms with Crippen LogP contribution in [-0.2, 0) is 0 Å². The van der Waals surface area contributed by atoms with Crippen molar-refractivity contribution in [3.63, 3.8) is 0 Å². The molecule has 0 amide bonds. The van der Waals surface area contributed by atoms with Gasteiger partial charge >= 0.3 is 0 Å². The van der Waals surface area contributed by atoms with Crippen LogP contribution in [0.5, 0.6) is 0 Å². The van der Waals surface area contributed by atoms with E-state index < -0.39 is 0 Å². The second-order valence-electron chi connectivity index (χ2n) is 6.85. The predicted octanol–water partition coefficient (Wildman–Crippen LogP) is 1.44. The van der Waals surface area contributed by atoms with Crippen molar-refractivity contribution < 1.29 is 0 Å². The van der Waals surface area contributed by atoms with E-state index in [2.05, 4.69) is 15.1 Å². The molecule has 2 unspecified atom stereocenters. The summed E-state index contributed by atoms with van der Waals surface area (Å²) in [6.45, 7) is 5.42. The van der Waals surface area contributed by atoms with Crippen molar-refractivity contribution in [2.45, 2.75) is 69.1 Å². The number of rotatable bonds is 3. The normalized spacial score (nSPS) is 39.3. The predicted molar refractivity (Wildman–Crippen MR) is 73.8 cm³/mol. The third-order valence-electron chi connectivity index (χ3n) is 5.65. The SMILES string of the molecule is C1CC2C(NC3CCN(C4CC4)CC3)CCN2C1. The van der Waals surface area contributed by atoms with Gasteiger partial charge in [0.25, 0.3) is 0 Å². The van der Waals surface area contributed by atoms with Gasteiger partial charge in [-0.15, -0.1) is 0 Å². The van der Waals surface area contributed by atoms with Crippen LogP contribution in [0, 0.1) is 0 Å². The highest BCUT2D eigenvalue weighted by molar-refractivity contribution is 4.98. The van der Waals surface area contributed by atoms with Crippen molar-refractivity contribution in [3.8, 4) is 0 Å². The molecular weight excluding hydrogens is 222 g/mol. The van der Waals surface area contributed by atoms with Gasteiger partial charge in [-0.2, -0.15) is 0 Å². The highest BCUT2D eigenvalue weighted by Gasteiger charge is 2.38. The molecule has 1 aliphatic carbocycles. The molecule has 3 heterocycles. The summed E-state index contributed by atoms with van der Waals surface area (Å²) in [5.74, 6) is 0. The van der Waals surface area contributed by atoms with E-state index in [1.165, 1.54) is 71.1 Å². The molecule has 4 fully saturated rings. The van der Waals surface area contributed by atoms with Crippen molar-refractivity contribution in [1.82, 2.24) is 15.1 Å². The van der Waals surface area contributed by atoms with Crippen molar-refractivity contribution in [1.29, 1.82) is 0 Å². The quantitative estimate of drug-likeness (QED) is 0.816. The Morgan fingerprint density at radius 1 is 0.722 bits per heavy atom. The largest absolute Gasteiger partial charge is 0.310 e. The van der Waals surface area contributed by atoms with Crippen LogP contribution >= 0.6 is 0 Å². The van der Waals surface area contributed by atoms with Crippen LogP contribution in [0.2, 0.25) is 0 Å². The Kier molecular flexibility index (Phi) is 3.10. The summed E-state index contributed by atoms with van der Waals surface area (Å²) in [7, 11) is 0. The molecule has 18 heavy (non-hydrogen) atoms. The summed E-state index contributed by atoms with van der Waals surface area (Å²) >= 11 is 0. The molecule has 0 radical (unpaired) electrons. The number of hydrogen-bond acceptors (Lipinski definition) is 3. The van der Waals surface area contributed by atoms with E-state index in [0.29, 0.717) is 0 Å². The van der Waals surface area contributed by atoms with E-state index in [4.69, 9.17) is 0 Å². The Morgan fingerprint density at radius 2 is 1.50 bits per heavy atom. The average molecular weight is 249 g/mol. The lowest BCUT2D eigenvalue weighted by molar-refractivity contribution is 0.177. The standard InChI is InChI=1S/C15H27N3/c1-2-15-14(7-11-18(15)8-1)16-12-5-9-17(10-6-12)13-3-4-13/h12-16H,1-11H2. The van der Waals surface area contributed by atoms with Crippen LogP contribution in [0.15, 0.2) is 0 Å². The molecule has 3 nitrogen and oxygen atoms in total. The maximum Gasteiger partial charge on any atom is 0.0250 e. The van der Waals surface area contributed by atoms with Crippen LogP contribution in [-0.4, -0.2) is 60.1 Å². The lowest BCUT2D eigenvalue weighted by Crippen LogP contribution is -2.49. The summed E-state index contributed by atoms with van der Waals surface area (Å²) in [6, 6.07) is 3.48. The van der Waals surface area contributed by atoms with Gasteiger partial charge in [0.05, 0.1) is 0 Å². The lowest BCUT2D eigenvalue weighted by atomic mass is 10.0. The average Bonchev–Trinajstić information content (AvgIpc) is 3.02. The summed E-state index contributed by atoms with van der Waals surface area (Å²) in [6.07, 6.45) is 9.99. The van der Waals surface area contributed by atoms with Gasteiger partial charge in [-0.3, -0.25) is 4.90 Å². The molecule has 3 aliphatic heterocycles. The third-order valence-corrected chi connectivity index (χ3v) is 5.65. The Labute approximate surface area is 111 Å². The molecule has 0 bridgehead atoms. The van der Waals surface area contributed by atoms with Gasteiger partial charge < -0.3 is 10.2 Å². The van der Waals surface area contributed by atoms with Crippen LogP contribution in [0.4, 0.5) is 0 Å². The molecule has 4 rings (SSSR count). The van der Waals surface area contributed by atoms with Gasteiger partial charge in [-0.1, -0.05) is 0 Å². The number of piperidine rings is 1. The highest BCUT2D eigenvalue weighted by Crippen LogP contribution is 2.31. The molecule has 4 aliphatic rings. The van der Waals surface area contributed by atoms with E-state index in [-0.39, 0.29) is 0 Å². The number of nitrogens with one attached hydrogen (secondary N) is 1. The molecule has 0 aromatic carbocycles. The first-order valence-electron chi connectivity index (χ1n) is 8.14. The van der Waals surface area contributed by atoms with Gasteiger partial charge in [0.1, 0.15) is 0 Å². The molecule has 0 aromatic rings. The lowest BCUT2D eigenvalue weighted by Gasteiger charge is -2.35. The Hall–Kier alpha value is -0.120. The number of fused-ring (bicyclic) bond motifs is 1. The zero-order valence-corrected chi connectivity index (χ0v) is 11.5. The summed E-state index contributed by atoms with van der Waals surface area (Å²) < 4.78 is 0. The Bertz CT molecular complexity index is 294. The summed E-state index contributed by atoms with van der Waals surface area (Å²) in [5, 5.41) is 4.00. The smallest absolute Gasteiger partial charge is 0.0250 e. The number of likely N-dealkylation sites (tertiary alicyclic amines) is 1. The van der Waals surface area contributed by atoms with Gasteiger partial charge in [0, 0.05) is 30.7 Å². The zero-order chi connectivity index (χ0) is 11.9. The first-order valence-corrected chi connectivity index (χ1v) is 8.14. The molecule has 1 N–H and O–H groups in total. The second-order valence-corrected chi connectivity index (χ2v) is 6.85. The second kappa shape index (κ2) is 4.77. The molecule has 0 aromatic heterocycles. The minimum Gasteiger partial charge on any atom is -0.310 e. The van der Waals surface area contributed by atoms with Crippen molar-refractivity contribution in [3.05, 3.63) is 0 Å². The van der Waals surface area contributed by atoms with Crippen molar-refractivity contribution >= 4 is 0 Å². The Balaban J connectivity index is 1.27. The van der Waals surface area contributed by atoms with Gasteiger partial charge in [0.15, 0.2) is 0 Å². The van der Waals surface area contributed by atoms with Gasteiger partial charge in [-0.05, 0) is 64.6 Å². The van der Waals surface area contributed by atoms with Crippen molar-refractivity contribution in [2.75, 3.05) is 26.2 Å². The first kappa shape index (κ1) is 11.7. The summed E-state index contributed by atoms with van der Waals surface area (Å²) in [4.78, 5) is 5.45. The fourth-order valence-corrected chi connectivity index (χ4v) is 4.45. The minimum atomic E-state index is 0.810. The Morgan fingerprint density at radius 3 is 2.28 bits per heavy atom. The molecule has 1 saturated carbocycles. The van der Waals surface area contributed by atoms with Crippen molar-refractivity contribution in [2.24, 2.45) is 0 Å². The monoisotopic (exact) mass is 249 g/mol. The topological polar surface area (TPSA) is 18.5 Å². The van der Waals surface area contributed by atoms with Gasteiger partial charge in [0.2, 0.25) is 0 Å². The highest BCUT2D eigenvalue weighted by atomic mass is 15.3. The number of hydrogen-bond donors (Lipinski definition) is 1. The molecule has 102 valence electrons. The van der Waals surface area contributed by atoms with E-state index in [1.54, 1.807) is 0 Å². The van der Waals surface area contributed by atoms with E-state index in [9.17, 15) is 0 Å². The van der Waals surface area contributed by atoms with Crippen LogP contribution in [0.1, 0.15) is 44.9 Å².